The molecular formula is C19H15F2N3O2. The summed E-state index contributed by atoms with van der Waals surface area (Å²) in [5.41, 5.74) is 0.198. The Morgan fingerprint density at radius 3 is 2.35 bits per heavy atom. The lowest BCUT2D eigenvalue weighted by Crippen LogP contribution is -2.21. The fourth-order valence-electron chi connectivity index (χ4n) is 2.09. The molecule has 0 aliphatic carbocycles. The Labute approximate surface area is 149 Å². The number of rotatable bonds is 4. The van der Waals surface area contributed by atoms with Crippen LogP contribution in [0.3, 0.4) is 0 Å². The van der Waals surface area contributed by atoms with Crippen molar-refractivity contribution in [1.29, 1.82) is 5.26 Å². The molecule has 2 aromatic carbocycles. The molecule has 0 aliphatic heterocycles. The number of nitrogens with one attached hydrogen (secondary N) is 1. The Bertz CT molecular complexity index is 913. The molecule has 5 nitrogen and oxygen atoms in total. The minimum absolute atomic E-state index is 0.193. The quantitative estimate of drug-likeness (QED) is 0.676. The van der Waals surface area contributed by atoms with E-state index >= 15 is 0 Å². The summed E-state index contributed by atoms with van der Waals surface area (Å²) in [6.07, 6.45) is 0.970. The standard InChI is InChI=1S/C19H15F2N3O2/c1-24(2)19(26)12-6-8-15(9-7-12)23-18(25)14(11-22)10-13-4-3-5-16(20)17(13)21/h3-10H,1-2H3,(H,23,25)/b14-10-. The maximum absolute atomic E-state index is 13.7. The highest BCUT2D eigenvalue weighted by Crippen LogP contribution is 2.16. The molecule has 26 heavy (non-hydrogen) atoms. The monoisotopic (exact) mass is 355 g/mol. The van der Waals surface area contributed by atoms with Crippen LogP contribution in [-0.4, -0.2) is 30.8 Å². The van der Waals surface area contributed by atoms with E-state index in [1.807, 2.05) is 0 Å². The molecule has 0 spiro atoms. The number of amides is 2. The summed E-state index contributed by atoms with van der Waals surface area (Å²) in [5, 5.41) is 11.6. The van der Waals surface area contributed by atoms with Crippen molar-refractivity contribution < 1.29 is 18.4 Å². The summed E-state index contributed by atoms with van der Waals surface area (Å²) in [4.78, 5) is 25.4. The predicted octanol–water partition coefficient (Wildman–Crippen LogP) is 3.21. The number of nitrogens with zero attached hydrogens (tertiary/aromatic N) is 2. The van der Waals surface area contributed by atoms with Gasteiger partial charge in [0.1, 0.15) is 11.6 Å². The second kappa shape index (κ2) is 8.03. The number of nitriles is 1. The summed E-state index contributed by atoms with van der Waals surface area (Å²) < 4.78 is 26.9. The van der Waals surface area contributed by atoms with Crippen LogP contribution >= 0.6 is 0 Å². The van der Waals surface area contributed by atoms with Crippen LogP contribution in [-0.2, 0) is 4.79 Å². The smallest absolute Gasteiger partial charge is 0.266 e. The average Bonchev–Trinajstić information content (AvgIpc) is 2.62. The van der Waals surface area contributed by atoms with Gasteiger partial charge in [-0.05, 0) is 36.4 Å². The maximum Gasteiger partial charge on any atom is 0.266 e. The van der Waals surface area contributed by atoms with Gasteiger partial charge in [-0.2, -0.15) is 5.26 Å². The molecule has 0 bridgehead atoms. The van der Waals surface area contributed by atoms with Crippen molar-refractivity contribution in [2.75, 3.05) is 19.4 Å². The molecule has 1 N–H and O–H groups in total. The van der Waals surface area contributed by atoms with E-state index < -0.39 is 17.5 Å². The number of halogens is 2. The molecule has 0 fully saturated rings. The minimum Gasteiger partial charge on any atom is -0.345 e. The van der Waals surface area contributed by atoms with E-state index in [1.165, 1.54) is 41.3 Å². The van der Waals surface area contributed by atoms with Gasteiger partial charge in [-0.25, -0.2) is 8.78 Å². The van der Waals surface area contributed by atoms with Crippen LogP contribution in [0.5, 0.6) is 0 Å². The highest BCUT2D eigenvalue weighted by molar-refractivity contribution is 6.09. The Morgan fingerprint density at radius 1 is 1.12 bits per heavy atom. The third kappa shape index (κ3) is 4.30. The van der Waals surface area contributed by atoms with Crippen LogP contribution in [0.15, 0.2) is 48.0 Å². The molecule has 132 valence electrons. The lowest BCUT2D eigenvalue weighted by Gasteiger charge is -2.11. The van der Waals surface area contributed by atoms with Gasteiger partial charge in [0.25, 0.3) is 11.8 Å². The molecule has 0 aromatic heterocycles. The average molecular weight is 355 g/mol. The fourth-order valence-corrected chi connectivity index (χ4v) is 2.09. The molecular weight excluding hydrogens is 340 g/mol. The normalized spacial score (nSPS) is 10.8. The van der Waals surface area contributed by atoms with Crippen molar-refractivity contribution >= 4 is 23.6 Å². The van der Waals surface area contributed by atoms with Crippen molar-refractivity contribution in [3.05, 3.63) is 70.8 Å². The third-order valence-electron chi connectivity index (χ3n) is 3.44. The summed E-state index contributed by atoms with van der Waals surface area (Å²) in [6, 6.07) is 11.2. The van der Waals surface area contributed by atoms with Crippen LogP contribution in [0.2, 0.25) is 0 Å². The topological polar surface area (TPSA) is 73.2 Å². The molecule has 0 saturated carbocycles. The van der Waals surface area contributed by atoms with E-state index in [0.717, 1.165) is 12.1 Å². The number of hydrogen-bond donors (Lipinski definition) is 1. The SMILES string of the molecule is CN(C)C(=O)c1ccc(NC(=O)/C(C#N)=C\c2cccc(F)c2F)cc1. The number of benzene rings is 2. The zero-order valence-electron chi connectivity index (χ0n) is 14.1. The van der Waals surface area contributed by atoms with Crippen molar-refractivity contribution in [2.24, 2.45) is 0 Å². The molecule has 0 unspecified atom stereocenters. The van der Waals surface area contributed by atoms with Crippen LogP contribution in [0.4, 0.5) is 14.5 Å². The van der Waals surface area contributed by atoms with E-state index in [-0.39, 0.29) is 17.0 Å². The lowest BCUT2D eigenvalue weighted by molar-refractivity contribution is -0.112. The molecule has 0 saturated heterocycles. The molecule has 0 heterocycles. The van der Waals surface area contributed by atoms with E-state index in [2.05, 4.69) is 5.32 Å². The second-order valence-corrected chi connectivity index (χ2v) is 5.54. The van der Waals surface area contributed by atoms with Crippen molar-refractivity contribution in [3.63, 3.8) is 0 Å². The van der Waals surface area contributed by atoms with Crippen molar-refractivity contribution in [1.82, 2.24) is 4.90 Å². The first-order chi connectivity index (χ1) is 12.3. The fraction of sp³-hybridized carbons (Fsp3) is 0.105. The second-order valence-electron chi connectivity index (χ2n) is 5.54. The van der Waals surface area contributed by atoms with Crippen LogP contribution in [0, 0.1) is 23.0 Å². The molecule has 7 heteroatoms. The first-order valence-corrected chi connectivity index (χ1v) is 7.52. The van der Waals surface area contributed by atoms with Gasteiger partial charge >= 0.3 is 0 Å². The van der Waals surface area contributed by atoms with Gasteiger partial charge in [0.2, 0.25) is 0 Å². The number of carbonyl (C=O) groups is 2. The largest absolute Gasteiger partial charge is 0.345 e. The Hall–Kier alpha value is -3.53. The third-order valence-corrected chi connectivity index (χ3v) is 3.44. The number of carbonyl (C=O) groups excluding carboxylic acids is 2. The molecule has 0 aliphatic rings. The Kier molecular flexibility index (Phi) is 5.81. The Morgan fingerprint density at radius 2 is 1.77 bits per heavy atom. The van der Waals surface area contributed by atoms with Gasteiger partial charge in [-0.3, -0.25) is 9.59 Å². The van der Waals surface area contributed by atoms with E-state index in [1.54, 1.807) is 20.2 Å². The van der Waals surface area contributed by atoms with Gasteiger partial charge in [0, 0.05) is 30.9 Å². The van der Waals surface area contributed by atoms with Crippen LogP contribution in [0.25, 0.3) is 6.08 Å². The molecule has 2 rings (SSSR count). The molecule has 0 radical (unpaired) electrons. The highest BCUT2D eigenvalue weighted by Gasteiger charge is 2.13. The van der Waals surface area contributed by atoms with E-state index in [4.69, 9.17) is 5.26 Å². The summed E-state index contributed by atoms with van der Waals surface area (Å²) in [7, 11) is 3.24. The Balaban J connectivity index is 2.20. The summed E-state index contributed by atoms with van der Waals surface area (Å²) in [6.45, 7) is 0. The van der Waals surface area contributed by atoms with Gasteiger partial charge in [0.05, 0.1) is 0 Å². The van der Waals surface area contributed by atoms with Gasteiger partial charge < -0.3 is 10.2 Å². The minimum atomic E-state index is -1.14. The summed E-state index contributed by atoms with van der Waals surface area (Å²) >= 11 is 0. The van der Waals surface area contributed by atoms with Gasteiger partial charge in [0.15, 0.2) is 11.6 Å². The highest BCUT2D eigenvalue weighted by atomic mass is 19.2. The van der Waals surface area contributed by atoms with Gasteiger partial charge in [-0.15, -0.1) is 0 Å². The van der Waals surface area contributed by atoms with E-state index in [9.17, 15) is 18.4 Å². The molecule has 2 aromatic rings. The lowest BCUT2D eigenvalue weighted by atomic mass is 10.1. The van der Waals surface area contributed by atoms with Crippen molar-refractivity contribution in [3.8, 4) is 6.07 Å². The maximum atomic E-state index is 13.7. The first-order valence-electron chi connectivity index (χ1n) is 7.52. The zero-order valence-corrected chi connectivity index (χ0v) is 14.1. The predicted molar refractivity (Wildman–Crippen MR) is 93.0 cm³/mol. The van der Waals surface area contributed by atoms with Crippen molar-refractivity contribution in [2.45, 2.75) is 0 Å². The number of hydrogen-bond acceptors (Lipinski definition) is 3. The zero-order chi connectivity index (χ0) is 19.3. The van der Waals surface area contributed by atoms with Gasteiger partial charge in [-0.1, -0.05) is 12.1 Å². The van der Waals surface area contributed by atoms with Crippen LogP contribution < -0.4 is 5.32 Å². The van der Waals surface area contributed by atoms with E-state index in [0.29, 0.717) is 11.3 Å². The molecule has 0 atom stereocenters. The van der Waals surface area contributed by atoms with Crippen LogP contribution in [0.1, 0.15) is 15.9 Å². The first kappa shape index (κ1) is 18.8. The summed E-state index contributed by atoms with van der Waals surface area (Å²) in [5.74, 6) is -3.18. The number of anilines is 1. The molecule has 2 amide bonds.